The largest absolute Gasteiger partial charge is 0.345 e. The van der Waals surface area contributed by atoms with Gasteiger partial charge in [0.05, 0.1) is 11.6 Å². The first kappa shape index (κ1) is 14.8. The molecule has 0 saturated carbocycles. The first-order valence-electron chi connectivity index (χ1n) is 5.99. The highest BCUT2D eigenvalue weighted by Crippen LogP contribution is 2.19. The number of halogens is 3. The van der Waals surface area contributed by atoms with Crippen LogP contribution in [-0.2, 0) is 0 Å². The number of benzene rings is 2. The van der Waals surface area contributed by atoms with Crippen molar-refractivity contribution in [3.8, 4) is 0 Å². The number of amides is 1. The molecule has 0 bridgehead atoms. The van der Waals surface area contributed by atoms with Gasteiger partial charge in [0.25, 0.3) is 5.91 Å². The molecule has 0 spiro atoms. The first-order chi connectivity index (χ1) is 9.47. The molecule has 20 heavy (non-hydrogen) atoms. The Morgan fingerprint density at radius 3 is 2.55 bits per heavy atom. The maximum atomic E-state index is 13.6. The fourth-order valence-corrected chi connectivity index (χ4v) is 2.18. The lowest BCUT2D eigenvalue weighted by Crippen LogP contribution is -2.27. The van der Waals surface area contributed by atoms with Gasteiger partial charge in [-0.05, 0) is 42.8 Å². The number of hydrogen-bond acceptors (Lipinski definition) is 1. The molecule has 2 rings (SSSR count). The van der Waals surface area contributed by atoms with Crippen LogP contribution in [0.4, 0.5) is 4.39 Å². The van der Waals surface area contributed by atoms with Crippen molar-refractivity contribution >= 4 is 29.1 Å². The number of hydrogen-bond donors (Lipinski definition) is 1. The summed E-state index contributed by atoms with van der Waals surface area (Å²) in [6.45, 7) is 1.80. The van der Waals surface area contributed by atoms with Crippen molar-refractivity contribution in [2.45, 2.75) is 13.0 Å². The Morgan fingerprint density at radius 1 is 1.15 bits per heavy atom. The van der Waals surface area contributed by atoms with Crippen molar-refractivity contribution in [1.82, 2.24) is 5.32 Å². The van der Waals surface area contributed by atoms with E-state index in [0.717, 1.165) is 5.56 Å². The van der Waals surface area contributed by atoms with Crippen LogP contribution in [0.25, 0.3) is 0 Å². The zero-order valence-electron chi connectivity index (χ0n) is 10.7. The third kappa shape index (κ3) is 3.50. The van der Waals surface area contributed by atoms with E-state index in [1.807, 2.05) is 6.07 Å². The quantitative estimate of drug-likeness (QED) is 0.880. The van der Waals surface area contributed by atoms with Crippen molar-refractivity contribution in [2.75, 3.05) is 0 Å². The van der Waals surface area contributed by atoms with Gasteiger partial charge in [-0.15, -0.1) is 0 Å². The fraction of sp³-hybridized carbons (Fsp3) is 0.133. The van der Waals surface area contributed by atoms with Crippen LogP contribution in [0.3, 0.4) is 0 Å². The molecule has 0 aliphatic rings. The van der Waals surface area contributed by atoms with Crippen LogP contribution >= 0.6 is 23.2 Å². The first-order valence-corrected chi connectivity index (χ1v) is 6.74. The monoisotopic (exact) mass is 311 g/mol. The molecule has 2 aromatic carbocycles. The predicted octanol–water partition coefficient (Wildman–Crippen LogP) is 4.62. The van der Waals surface area contributed by atoms with E-state index in [1.54, 1.807) is 25.1 Å². The number of carbonyl (C=O) groups is 1. The van der Waals surface area contributed by atoms with Gasteiger partial charge in [0, 0.05) is 10.0 Å². The molecule has 0 radical (unpaired) electrons. The van der Waals surface area contributed by atoms with Gasteiger partial charge < -0.3 is 5.32 Å². The molecule has 2 nitrogen and oxygen atoms in total. The van der Waals surface area contributed by atoms with Crippen LogP contribution in [0.5, 0.6) is 0 Å². The molecule has 1 unspecified atom stereocenters. The van der Waals surface area contributed by atoms with E-state index in [1.165, 1.54) is 18.2 Å². The number of rotatable bonds is 3. The van der Waals surface area contributed by atoms with Crippen LogP contribution in [0, 0.1) is 5.82 Å². The van der Waals surface area contributed by atoms with E-state index in [4.69, 9.17) is 23.2 Å². The molecule has 2 aromatic rings. The summed E-state index contributed by atoms with van der Waals surface area (Å²) in [5, 5.41) is 3.60. The highest BCUT2D eigenvalue weighted by Gasteiger charge is 2.15. The Balaban J connectivity index is 2.17. The summed E-state index contributed by atoms with van der Waals surface area (Å²) in [5.74, 6) is -1.12. The van der Waals surface area contributed by atoms with Crippen LogP contribution in [0.1, 0.15) is 28.9 Å². The molecule has 104 valence electrons. The van der Waals surface area contributed by atoms with Gasteiger partial charge in [0.1, 0.15) is 5.82 Å². The lowest BCUT2D eigenvalue weighted by molar-refractivity contribution is 0.0936. The van der Waals surface area contributed by atoms with Crippen LogP contribution in [-0.4, -0.2) is 5.91 Å². The molecule has 1 atom stereocenters. The average molecular weight is 312 g/mol. The van der Waals surface area contributed by atoms with Crippen molar-refractivity contribution < 1.29 is 9.18 Å². The maximum absolute atomic E-state index is 13.6. The minimum Gasteiger partial charge on any atom is -0.345 e. The smallest absolute Gasteiger partial charge is 0.254 e. The Hall–Kier alpha value is -1.58. The topological polar surface area (TPSA) is 29.1 Å². The van der Waals surface area contributed by atoms with Crippen molar-refractivity contribution in [2.24, 2.45) is 0 Å². The Morgan fingerprint density at radius 2 is 1.85 bits per heavy atom. The summed E-state index contributed by atoms with van der Waals surface area (Å²) < 4.78 is 13.6. The molecule has 1 amide bonds. The van der Waals surface area contributed by atoms with E-state index in [2.05, 4.69) is 5.32 Å². The van der Waals surface area contributed by atoms with E-state index in [-0.39, 0.29) is 11.6 Å². The lowest BCUT2D eigenvalue weighted by atomic mass is 10.1. The summed E-state index contributed by atoms with van der Waals surface area (Å²) in [4.78, 5) is 12.0. The Labute approximate surface area is 126 Å². The Bertz CT molecular complexity index is 646. The molecule has 0 aliphatic heterocycles. The van der Waals surface area contributed by atoms with Gasteiger partial charge >= 0.3 is 0 Å². The maximum Gasteiger partial charge on any atom is 0.254 e. The minimum atomic E-state index is -0.606. The van der Waals surface area contributed by atoms with Gasteiger partial charge in [-0.3, -0.25) is 4.79 Å². The zero-order valence-corrected chi connectivity index (χ0v) is 12.2. The normalized spacial score (nSPS) is 12.0. The number of nitrogens with one attached hydrogen (secondary N) is 1. The molecule has 5 heteroatoms. The fourth-order valence-electron chi connectivity index (χ4n) is 1.81. The van der Waals surface area contributed by atoms with E-state index >= 15 is 0 Å². The third-order valence-corrected chi connectivity index (χ3v) is 3.34. The average Bonchev–Trinajstić information content (AvgIpc) is 2.41. The molecule has 0 saturated heterocycles. The summed E-state index contributed by atoms with van der Waals surface area (Å²) in [6, 6.07) is 10.7. The summed E-state index contributed by atoms with van der Waals surface area (Å²) in [5.41, 5.74) is 0.764. The van der Waals surface area contributed by atoms with E-state index < -0.39 is 11.7 Å². The second-order valence-electron chi connectivity index (χ2n) is 4.37. The molecule has 1 N–H and O–H groups in total. The molecular weight excluding hydrogens is 300 g/mol. The van der Waals surface area contributed by atoms with Crippen molar-refractivity contribution in [3.05, 3.63) is 69.5 Å². The second-order valence-corrected chi connectivity index (χ2v) is 5.25. The Kier molecular flexibility index (Phi) is 4.63. The highest BCUT2D eigenvalue weighted by molar-refractivity contribution is 6.31. The minimum absolute atomic E-state index is 0.0774. The van der Waals surface area contributed by atoms with Gasteiger partial charge in [0.2, 0.25) is 0 Å². The summed E-state index contributed by atoms with van der Waals surface area (Å²) in [7, 11) is 0. The van der Waals surface area contributed by atoms with Gasteiger partial charge in [-0.2, -0.15) is 0 Å². The van der Waals surface area contributed by atoms with Crippen molar-refractivity contribution in [3.63, 3.8) is 0 Å². The molecular formula is C15H12Cl2FNO. The molecule has 0 aromatic heterocycles. The number of carbonyl (C=O) groups excluding carboxylic acids is 1. The van der Waals surface area contributed by atoms with Gasteiger partial charge in [-0.25, -0.2) is 4.39 Å². The van der Waals surface area contributed by atoms with Crippen LogP contribution in [0.2, 0.25) is 10.0 Å². The van der Waals surface area contributed by atoms with E-state index in [0.29, 0.717) is 10.0 Å². The second kappa shape index (κ2) is 6.25. The predicted molar refractivity (Wildman–Crippen MR) is 78.7 cm³/mol. The summed E-state index contributed by atoms with van der Waals surface area (Å²) in [6.07, 6.45) is 0. The van der Waals surface area contributed by atoms with Crippen molar-refractivity contribution in [1.29, 1.82) is 0 Å². The lowest BCUT2D eigenvalue weighted by Gasteiger charge is -2.15. The zero-order chi connectivity index (χ0) is 14.7. The SMILES string of the molecule is CC(NC(=O)c1cc(Cl)ccc1F)c1cccc(Cl)c1. The standard InChI is InChI=1S/C15H12Cl2FNO/c1-9(10-3-2-4-11(16)7-10)19-15(20)13-8-12(17)5-6-14(13)18/h2-9H,1H3,(H,19,20). The van der Waals surface area contributed by atoms with Gasteiger partial charge in [0.15, 0.2) is 0 Å². The van der Waals surface area contributed by atoms with Crippen LogP contribution < -0.4 is 5.32 Å². The summed E-state index contributed by atoms with van der Waals surface area (Å²) >= 11 is 11.7. The van der Waals surface area contributed by atoms with Crippen LogP contribution in [0.15, 0.2) is 42.5 Å². The third-order valence-electron chi connectivity index (χ3n) is 2.87. The van der Waals surface area contributed by atoms with Gasteiger partial charge in [-0.1, -0.05) is 35.3 Å². The highest BCUT2D eigenvalue weighted by atomic mass is 35.5. The molecule has 0 heterocycles. The molecule has 0 fully saturated rings. The van der Waals surface area contributed by atoms with E-state index in [9.17, 15) is 9.18 Å². The molecule has 0 aliphatic carbocycles.